The minimum absolute atomic E-state index is 0.176. The summed E-state index contributed by atoms with van der Waals surface area (Å²) >= 11 is 3.41. The molecule has 0 bridgehead atoms. The Kier molecular flexibility index (Phi) is 3.50. The zero-order valence-corrected chi connectivity index (χ0v) is 11.1. The van der Waals surface area contributed by atoms with E-state index < -0.39 is 0 Å². The van der Waals surface area contributed by atoms with E-state index in [0.717, 1.165) is 21.2 Å². The lowest BCUT2D eigenvalue weighted by Gasteiger charge is -2.11. The van der Waals surface area contributed by atoms with Crippen molar-refractivity contribution in [3.63, 3.8) is 0 Å². The van der Waals surface area contributed by atoms with E-state index in [1.807, 2.05) is 43.3 Å². The van der Waals surface area contributed by atoms with Crippen molar-refractivity contribution in [3.8, 4) is 16.9 Å². The van der Waals surface area contributed by atoms with Crippen LogP contribution in [0.5, 0.6) is 5.75 Å². The van der Waals surface area contributed by atoms with E-state index >= 15 is 0 Å². The first kappa shape index (κ1) is 12.1. The summed E-state index contributed by atoms with van der Waals surface area (Å²) < 4.78 is 1.05. The number of halogens is 1. The lowest BCUT2D eigenvalue weighted by atomic mass is 10.00. The van der Waals surface area contributed by atoms with E-state index in [1.165, 1.54) is 0 Å². The lowest BCUT2D eigenvalue weighted by Crippen LogP contribution is -2.05. The van der Waals surface area contributed by atoms with Gasteiger partial charge >= 0.3 is 0 Å². The van der Waals surface area contributed by atoms with Crippen molar-refractivity contribution < 1.29 is 5.11 Å². The van der Waals surface area contributed by atoms with Gasteiger partial charge in [-0.25, -0.2) is 0 Å². The van der Waals surface area contributed by atoms with Crippen LogP contribution in [0, 0.1) is 0 Å². The fourth-order valence-corrected chi connectivity index (χ4v) is 2.01. The summed E-state index contributed by atoms with van der Waals surface area (Å²) in [5.41, 5.74) is 8.75. The molecule has 0 aliphatic rings. The second-order valence-corrected chi connectivity index (χ2v) is 4.98. The molecule has 0 saturated carbocycles. The minimum Gasteiger partial charge on any atom is -0.508 e. The molecule has 2 nitrogen and oxygen atoms in total. The Hall–Kier alpha value is -1.32. The van der Waals surface area contributed by atoms with Crippen LogP contribution in [0.3, 0.4) is 0 Å². The number of hydrogen-bond donors (Lipinski definition) is 2. The van der Waals surface area contributed by atoms with Crippen molar-refractivity contribution in [1.82, 2.24) is 0 Å². The van der Waals surface area contributed by atoms with Crippen LogP contribution in [-0.2, 0) is 0 Å². The standard InChI is InChI=1S/C14H14BrNO/c1-9(16)13-8-11(4-7-14(13)17)10-2-5-12(15)6-3-10/h2-9,17H,16H2,1H3. The van der Waals surface area contributed by atoms with Gasteiger partial charge in [-0.1, -0.05) is 34.1 Å². The average Bonchev–Trinajstić information content (AvgIpc) is 2.30. The third-order valence-corrected chi connectivity index (χ3v) is 3.22. The predicted molar refractivity (Wildman–Crippen MR) is 73.8 cm³/mol. The Bertz CT molecular complexity index is 520. The molecule has 0 aromatic heterocycles. The van der Waals surface area contributed by atoms with Crippen LogP contribution < -0.4 is 5.73 Å². The maximum Gasteiger partial charge on any atom is 0.120 e. The molecule has 1 unspecified atom stereocenters. The van der Waals surface area contributed by atoms with Gasteiger partial charge in [-0.15, -0.1) is 0 Å². The molecule has 88 valence electrons. The third kappa shape index (κ3) is 2.68. The second kappa shape index (κ2) is 4.90. The molecule has 2 rings (SSSR count). The first-order valence-corrected chi connectivity index (χ1v) is 6.21. The first-order valence-electron chi connectivity index (χ1n) is 5.42. The molecular weight excluding hydrogens is 278 g/mol. The Labute approximate surface area is 109 Å². The van der Waals surface area contributed by atoms with Crippen LogP contribution in [0.15, 0.2) is 46.9 Å². The van der Waals surface area contributed by atoms with Gasteiger partial charge in [-0.3, -0.25) is 0 Å². The summed E-state index contributed by atoms with van der Waals surface area (Å²) in [6.07, 6.45) is 0. The van der Waals surface area contributed by atoms with Gasteiger partial charge in [0.1, 0.15) is 5.75 Å². The number of benzene rings is 2. The zero-order chi connectivity index (χ0) is 12.4. The molecule has 3 heteroatoms. The smallest absolute Gasteiger partial charge is 0.120 e. The zero-order valence-electron chi connectivity index (χ0n) is 9.52. The van der Waals surface area contributed by atoms with Gasteiger partial charge in [0.25, 0.3) is 0 Å². The molecule has 0 spiro atoms. The normalized spacial score (nSPS) is 12.4. The maximum atomic E-state index is 9.71. The molecule has 0 amide bonds. The van der Waals surface area contributed by atoms with Crippen molar-refractivity contribution in [2.24, 2.45) is 5.73 Å². The molecule has 1 atom stereocenters. The van der Waals surface area contributed by atoms with Crippen LogP contribution in [0.1, 0.15) is 18.5 Å². The summed E-state index contributed by atoms with van der Waals surface area (Å²) in [6, 6.07) is 13.4. The molecule has 0 radical (unpaired) electrons. The molecule has 17 heavy (non-hydrogen) atoms. The summed E-state index contributed by atoms with van der Waals surface area (Å²) in [6.45, 7) is 1.86. The number of phenolic OH excluding ortho intramolecular Hbond substituents is 1. The van der Waals surface area contributed by atoms with Crippen molar-refractivity contribution in [2.45, 2.75) is 13.0 Å². The average molecular weight is 292 g/mol. The lowest BCUT2D eigenvalue weighted by molar-refractivity contribution is 0.464. The number of aromatic hydroxyl groups is 1. The van der Waals surface area contributed by atoms with Crippen LogP contribution >= 0.6 is 15.9 Å². The van der Waals surface area contributed by atoms with Crippen LogP contribution in [0.25, 0.3) is 11.1 Å². The highest BCUT2D eigenvalue weighted by molar-refractivity contribution is 9.10. The molecule has 0 heterocycles. The van der Waals surface area contributed by atoms with E-state index in [0.29, 0.717) is 0 Å². The van der Waals surface area contributed by atoms with Crippen molar-refractivity contribution in [3.05, 3.63) is 52.5 Å². The van der Waals surface area contributed by atoms with Gasteiger partial charge < -0.3 is 10.8 Å². The molecule has 0 aliphatic heterocycles. The largest absolute Gasteiger partial charge is 0.508 e. The van der Waals surface area contributed by atoms with Gasteiger partial charge in [0.05, 0.1) is 0 Å². The van der Waals surface area contributed by atoms with Crippen molar-refractivity contribution >= 4 is 15.9 Å². The predicted octanol–water partition coefficient (Wildman–Crippen LogP) is 3.84. The molecular formula is C14H14BrNO. The summed E-state index contributed by atoms with van der Waals surface area (Å²) in [5.74, 6) is 0.251. The van der Waals surface area contributed by atoms with Crippen LogP contribution in [0.4, 0.5) is 0 Å². The van der Waals surface area contributed by atoms with Gasteiger partial charge in [-0.2, -0.15) is 0 Å². The molecule has 0 saturated heterocycles. The number of nitrogens with two attached hydrogens (primary N) is 1. The molecule has 0 aliphatic carbocycles. The Morgan fingerprint density at radius 1 is 1.06 bits per heavy atom. The summed E-state index contributed by atoms with van der Waals surface area (Å²) in [7, 11) is 0. The van der Waals surface area contributed by atoms with E-state index in [-0.39, 0.29) is 11.8 Å². The molecule has 3 N–H and O–H groups in total. The number of rotatable bonds is 2. The number of phenols is 1. The topological polar surface area (TPSA) is 46.2 Å². The van der Waals surface area contributed by atoms with Gasteiger partial charge in [0.15, 0.2) is 0 Å². The molecule has 2 aromatic rings. The van der Waals surface area contributed by atoms with E-state index in [4.69, 9.17) is 5.73 Å². The third-order valence-electron chi connectivity index (χ3n) is 2.70. The SMILES string of the molecule is CC(N)c1cc(-c2ccc(Br)cc2)ccc1O. The monoisotopic (exact) mass is 291 g/mol. The quantitative estimate of drug-likeness (QED) is 0.883. The Morgan fingerprint density at radius 3 is 2.24 bits per heavy atom. The van der Waals surface area contributed by atoms with Crippen molar-refractivity contribution in [1.29, 1.82) is 0 Å². The highest BCUT2D eigenvalue weighted by Crippen LogP contribution is 2.29. The minimum atomic E-state index is -0.176. The highest BCUT2D eigenvalue weighted by Gasteiger charge is 2.08. The van der Waals surface area contributed by atoms with E-state index in [1.54, 1.807) is 6.07 Å². The van der Waals surface area contributed by atoms with Crippen LogP contribution in [0.2, 0.25) is 0 Å². The first-order chi connectivity index (χ1) is 8.08. The summed E-state index contributed by atoms with van der Waals surface area (Å²) in [4.78, 5) is 0. The van der Waals surface area contributed by atoms with E-state index in [9.17, 15) is 5.11 Å². The van der Waals surface area contributed by atoms with Crippen LogP contribution in [-0.4, -0.2) is 5.11 Å². The van der Waals surface area contributed by atoms with Gasteiger partial charge in [0, 0.05) is 16.1 Å². The molecule has 2 aromatic carbocycles. The summed E-state index contributed by atoms with van der Waals surface area (Å²) in [5, 5.41) is 9.71. The number of hydrogen-bond acceptors (Lipinski definition) is 2. The second-order valence-electron chi connectivity index (χ2n) is 4.07. The molecule has 0 fully saturated rings. The maximum absolute atomic E-state index is 9.71. The van der Waals surface area contributed by atoms with Gasteiger partial charge in [-0.05, 0) is 42.3 Å². The fourth-order valence-electron chi connectivity index (χ4n) is 1.74. The Morgan fingerprint density at radius 2 is 1.65 bits per heavy atom. The van der Waals surface area contributed by atoms with Gasteiger partial charge in [0.2, 0.25) is 0 Å². The van der Waals surface area contributed by atoms with E-state index in [2.05, 4.69) is 15.9 Å². The Balaban J connectivity index is 2.46. The highest BCUT2D eigenvalue weighted by atomic mass is 79.9. The fraction of sp³-hybridized carbons (Fsp3) is 0.143. The van der Waals surface area contributed by atoms with Crippen molar-refractivity contribution in [2.75, 3.05) is 0 Å².